The number of rotatable bonds is 7. The fourth-order valence-electron chi connectivity index (χ4n) is 1.77. The zero-order chi connectivity index (χ0) is 13.4. The molecule has 0 spiro atoms. The van der Waals surface area contributed by atoms with E-state index < -0.39 is 0 Å². The highest BCUT2D eigenvalue weighted by atomic mass is 16.5. The molecule has 0 fully saturated rings. The van der Waals surface area contributed by atoms with E-state index in [4.69, 9.17) is 10.5 Å². The van der Waals surface area contributed by atoms with E-state index in [1.807, 2.05) is 19.1 Å². The summed E-state index contributed by atoms with van der Waals surface area (Å²) in [7, 11) is 1.56. The van der Waals surface area contributed by atoms with E-state index in [-0.39, 0.29) is 11.8 Å². The van der Waals surface area contributed by atoms with Crippen LogP contribution in [0.1, 0.15) is 25.3 Å². The Morgan fingerprint density at radius 3 is 3.00 bits per heavy atom. The highest BCUT2D eigenvalue weighted by molar-refractivity contribution is 5.78. The van der Waals surface area contributed by atoms with E-state index in [2.05, 4.69) is 10.3 Å². The van der Waals surface area contributed by atoms with Crippen LogP contribution in [-0.2, 0) is 11.3 Å². The van der Waals surface area contributed by atoms with Gasteiger partial charge >= 0.3 is 0 Å². The van der Waals surface area contributed by atoms with Crippen molar-refractivity contribution in [3.8, 4) is 5.88 Å². The van der Waals surface area contributed by atoms with Gasteiger partial charge in [-0.15, -0.1) is 0 Å². The molecule has 0 bridgehead atoms. The molecular formula is C13H21N3O2. The molecule has 1 atom stereocenters. The first kappa shape index (κ1) is 14.4. The van der Waals surface area contributed by atoms with Gasteiger partial charge in [0, 0.05) is 24.8 Å². The molecule has 0 aliphatic rings. The van der Waals surface area contributed by atoms with Gasteiger partial charge in [-0.3, -0.25) is 4.79 Å². The first-order valence-corrected chi connectivity index (χ1v) is 6.18. The normalized spacial score (nSPS) is 11.9. The molecule has 1 aromatic rings. The molecule has 1 aromatic heterocycles. The van der Waals surface area contributed by atoms with Crippen LogP contribution in [0.25, 0.3) is 0 Å². The van der Waals surface area contributed by atoms with Gasteiger partial charge in [-0.1, -0.05) is 19.4 Å². The van der Waals surface area contributed by atoms with Crippen LogP contribution in [0.15, 0.2) is 18.3 Å². The molecule has 1 amide bonds. The van der Waals surface area contributed by atoms with E-state index in [9.17, 15) is 4.79 Å². The summed E-state index contributed by atoms with van der Waals surface area (Å²) in [4.78, 5) is 16.0. The minimum Gasteiger partial charge on any atom is -0.481 e. The number of pyridine rings is 1. The Kier molecular flexibility index (Phi) is 6.14. The Morgan fingerprint density at radius 2 is 2.39 bits per heavy atom. The summed E-state index contributed by atoms with van der Waals surface area (Å²) < 4.78 is 5.12. The molecule has 18 heavy (non-hydrogen) atoms. The number of hydrogen-bond donors (Lipinski definition) is 2. The number of nitrogens with one attached hydrogen (secondary N) is 1. The number of amides is 1. The van der Waals surface area contributed by atoms with Gasteiger partial charge in [-0.25, -0.2) is 4.98 Å². The van der Waals surface area contributed by atoms with Crippen LogP contribution >= 0.6 is 0 Å². The molecule has 3 N–H and O–H groups in total. The number of carbonyl (C=O) groups excluding carboxylic acids is 1. The van der Waals surface area contributed by atoms with Crippen molar-refractivity contribution < 1.29 is 9.53 Å². The molecular weight excluding hydrogens is 230 g/mol. The molecule has 1 unspecified atom stereocenters. The van der Waals surface area contributed by atoms with E-state index in [0.717, 1.165) is 18.4 Å². The van der Waals surface area contributed by atoms with Gasteiger partial charge in [0.2, 0.25) is 11.8 Å². The first-order valence-electron chi connectivity index (χ1n) is 6.18. The molecule has 1 heterocycles. The van der Waals surface area contributed by atoms with E-state index in [1.165, 1.54) is 0 Å². The Hall–Kier alpha value is -1.62. The van der Waals surface area contributed by atoms with Gasteiger partial charge < -0.3 is 15.8 Å². The lowest BCUT2D eigenvalue weighted by atomic mass is 10.0. The predicted molar refractivity (Wildman–Crippen MR) is 70.1 cm³/mol. The SMILES string of the molecule is CCCC(CN)C(=O)NCc1cccnc1OC. The predicted octanol–water partition coefficient (Wildman–Crippen LogP) is 1.08. The molecule has 100 valence electrons. The zero-order valence-corrected chi connectivity index (χ0v) is 11.0. The molecule has 5 nitrogen and oxygen atoms in total. The van der Waals surface area contributed by atoms with Gasteiger partial charge in [0.05, 0.1) is 13.0 Å². The van der Waals surface area contributed by atoms with Crippen molar-refractivity contribution in [3.63, 3.8) is 0 Å². The fourth-order valence-corrected chi connectivity index (χ4v) is 1.77. The Bertz CT molecular complexity index is 382. The van der Waals surface area contributed by atoms with Crippen molar-refractivity contribution in [2.24, 2.45) is 11.7 Å². The Labute approximate surface area is 108 Å². The highest BCUT2D eigenvalue weighted by Crippen LogP contribution is 2.13. The molecule has 5 heteroatoms. The maximum absolute atomic E-state index is 11.9. The number of hydrogen-bond acceptors (Lipinski definition) is 4. The van der Waals surface area contributed by atoms with E-state index >= 15 is 0 Å². The van der Waals surface area contributed by atoms with Crippen LogP contribution < -0.4 is 15.8 Å². The second-order valence-electron chi connectivity index (χ2n) is 4.11. The number of nitrogens with zero attached hydrogens (tertiary/aromatic N) is 1. The lowest BCUT2D eigenvalue weighted by Gasteiger charge is -2.14. The van der Waals surface area contributed by atoms with Crippen molar-refractivity contribution in [1.29, 1.82) is 0 Å². The summed E-state index contributed by atoms with van der Waals surface area (Å²) in [5.41, 5.74) is 6.45. The third kappa shape index (κ3) is 4.00. The number of ether oxygens (including phenoxy) is 1. The minimum absolute atomic E-state index is 0.00902. The molecule has 0 aliphatic heterocycles. The van der Waals surface area contributed by atoms with Crippen LogP contribution in [0.5, 0.6) is 5.88 Å². The van der Waals surface area contributed by atoms with Crippen molar-refractivity contribution in [1.82, 2.24) is 10.3 Å². The monoisotopic (exact) mass is 251 g/mol. The van der Waals surface area contributed by atoms with Gasteiger partial charge in [0.25, 0.3) is 0 Å². The summed E-state index contributed by atoms with van der Waals surface area (Å²) in [5.74, 6) is 0.417. The topological polar surface area (TPSA) is 77.2 Å². The third-order valence-electron chi connectivity index (χ3n) is 2.79. The van der Waals surface area contributed by atoms with Crippen LogP contribution in [-0.4, -0.2) is 24.5 Å². The quantitative estimate of drug-likeness (QED) is 0.760. The molecule has 0 saturated heterocycles. The van der Waals surface area contributed by atoms with Gasteiger partial charge in [0.1, 0.15) is 0 Å². The molecule has 0 saturated carbocycles. The Morgan fingerprint density at radius 1 is 1.61 bits per heavy atom. The van der Waals surface area contributed by atoms with Crippen molar-refractivity contribution in [3.05, 3.63) is 23.9 Å². The summed E-state index contributed by atoms with van der Waals surface area (Å²) in [6, 6.07) is 3.69. The summed E-state index contributed by atoms with van der Waals surface area (Å²) >= 11 is 0. The maximum atomic E-state index is 11.9. The van der Waals surface area contributed by atoms with E-state index in [0.29, 0.717) is 19.0 Å². The van der Waals surface area contributed by atoms with Crippen molar-refractivity contribution >= 4 is 5.91 Å². The number of nitrogens with two attached hydrogens (primary N) is 1. The van der Waals surface area contributed by atoms with Crippen molar-refractivity contribution in [2.75, 3.05) is 13.7 Å². The van der Waals surface area contributed by atoms with Gasteiger partial charge in [-0.05, 0) is 12.5 Å². The lowest BCUT2D eigenvalue weighted by molar-refractivity contribution is -0.125. The standard InChI is InChI=1S/C13H21N3O2/c1-3-5-10(8-14)12(17)16-9-11-6-4-7-15-13(11)18-2/h4,6-7,10H,3,5,8-9,14H2,1-2H3,(H,16,17). The number of carbonyl (C=O) groups is 1. The number of methoxy groups -OCH3 is 1. The second-order valence-corrected chi connectivity index (χ2v) is 4.11. The summed E-state index contributed by atoms with van der Waals surface area (Å²) in [6.45, 7) is 2.83. The molecule has 0 aliphatic carbocycles. The van der Waals surface area contributed by atoms with Crippen molar-refractivity contribution in [2.45, 2.75) is 26.3 Å². The summed E-state index contributed by atoms with van der Waals surface area (Å²) in [5, 5.41) is 2.87. The lowest BCUT2D eigenvalue weighted by Crippen LogP contribution is -2.34. The van der Waals surface area contributed by atoms with Gasteiger partial charge in [-0.2, -0.15) is 0 Å². The first-order chi connectivity index (χ1) is 8.72. The third-order valence-corrected chi connectivity index (χ3v) is 2.79. The molecule has 0 aromatic carbocycles. The molecule has 0 radical (unpaired) electrons. The largest absolute Gasteiger partial charge is 0.481 e. The second kappa shape index (κ2) is 7.66. The average molecular weight is 251 g/mol. The fraction of sp³-hybridized carbons (Fsp3) is 0.538. The van der Waals surface area contributed by atoms with E-state index in [1.54, 1.807) is 13.3 Å². The average Bonchev–Trinajstić information content (AvgIpc) is 2.42. The zero-order valence-electron chi connectivity index (χ0n) is 11.0. The van der Waals surface area contributed by atoms with Crippen LogP contribution in [0.2, 0.25) is 0 Å². The minimum atomic E-state index is -0.113. The van der Waals surface area contributed by atoms with Gasteiger partial charge in [0.15, 0.2) is 0 Å². The molecule has 1 rings (SSSR count). The Balaban J connectivity index is 2.56. The van der Waals surface area contributed by atoms with Crippen LogP contribution in [0.4, 0.5) is 0 Å². The maximum Gasteiger partial charge on any atom is 0.224 e. The van der Waals surface area contributed by atoms with Crippen LogP contribution in [0, 0.1) is 5.92 Å². The number of aromatic nitrogens is 1. The van der Waals surface area contributed by atoms with Crippen LogP contribution in [0.3, 0.4) is 0 Å². The highest BCUT2D eigenvalue weighted by Gasteiger charge is 2.15. The smallest absolute Gasteiger partial charge is 0.224 e. The summed E-state index contributed by atoms with van der Waals surface area (Å²) in [6.07, 6.45) is 3.42.